The Labute approximate surface area is 193 Å². The average molecular weight is 455 g/mol. The van der Waals surface area contributed by atoms with Crippen molar-refractivity contribution in [1.29, 1.82) is 0 Å². The van der Waals surface area contributed by atoms with Gasteiger partial charge in [-0.1, -0.05) is 39.3 Å². The summed E-state index contributed by atoms with van der Waals surface area (Å²) in [6.07, 6.45) is 2.47. The van der Waals surface area contributed by atoms with Crippen molar-refractivity contribution < 1.29 is 4.42 Å². The number of anilines is 2. The number of H-pyrrole nitrogens is 1. The number of hydrogen-bond acceptors (Lipinski definition) is 6. The Kier molecular flexibility index (Phi) is 7.46. The molecule has 0 radical (unpaired) electrons. The lowest BCUT2D eigenvalue weighted by Crippen LogP contribution is -2.39. The van der Waals surface area contributed by atoms with Crippen LogP contribution in [0.25, 0.3) is 11.0 Å². The first-order chi connectivity index (χ1) is 15.6. The molecule has 3 N–H and O–H groups in total. The molecule has 178 valence electrons. The minimum absolute atomic E-state index is 0.153. The van der Waals surface area contributed by atoms with E-state index in [0.717, 1.165) is 41.3 Å². The maximum Gasteiger partial charge on any atom is 0.336 e. The smallest absolute Gasteiger partial charge is 0.336 e. The minimum Gasteiger partial charge on any atom is -0.422 e. The van der Waals surface area contributed by atoms with Gasteiger partial charge in [-0.15, -0.1) is 0 Å². The fourth-order valence-corrected chi connectivity index (χ4v) is 3.97. The van der Waals surface area contributed by atoms with Crippen LogP contribution in [0.2, 0.25) is 0 Å². The molecule has 0 aliphatic heterocycles. The summed E-state index contributed by atoms with van der Waals surface area (Å²) in [5, 5.41) is 0.821. The Bertz CT molecular complexity index is 1320. The molecular weight excluding hydrogens is 420 g/mol. The van der Waals surface area contributed by atoms with Gasteiger partial charge in [0.05, 0.1) is 0 Å². The predicted octanol–water partition coefficient (Wildman–Crippen LogP) is 3.69. The first kappa shape index (κ1) is 24.4. The molecule has 3 aromatic rings. The molecule has 0 atom stereocenters. The fraction of sp³-hybridized carbons (Fsp3) is 0.480. The topological polar surface area (TPSA) is 114 Å². The van der Waals surface area contributed by atoms with Gasteiger partial charge < -0.3 is 15.1 Å². The van der Waals surface area contributed by atoms with Gasteiger partial charge in [0.15, 0.2) is 0 Å². The van der Waals surface area contributed by atoms with E-state index < -0.39 is 16.9 Å². The zero-order valence-electron chi connectivity index (χ0n) is 20.2. The first-order valence-corrected chi connectivity index (χ1v) is 11.5. The summed E-state index contributed by atoms with van der Waals surface area (Å²) in [6.45, 7) is 11.4. The van der Waals surface area contributed by atoms with Gasteiger partial charge in [0.1, 0.15) is 17.1 Å². The summed E-state index contributed by atoms with van der Waals surface area (Å²) in [5.74, 6) is 0.543. The highest BCUT2D eigenvalue weighted by Crippen LogP contribution is 2.27. The number of nitrogens with one attached hydrogen (secondary N) is 1. The summed E-state index contributed by atoms with van der Waals surface area (Å²) in [4.78, 5) is 42.0. The van der Waals surface area contributed by atoms with Crippen LogP contribution in [0.4, 0.5) is 11.5 Å². The van der Waals surface area contributed by atoms with Crippen LogP contribution in [0, 0.1) is 19.8 Å². The fourth-order valence-electron chi connectivity index (χ4n) is 3.97. The third kappa shape index (κ3) is 5.21. The second-order valence-electron chi connectivity index (χ2n) is 9.08. The van der Waals surface area contributed by atoms with E-state index in [4.69, 9.17) is 10.2 Å². The van der Waals surface area contributed by atoms with E-state index in [1.165, 1.54) is 10.6 Å². The SMILES string of the molecule is CCCCn1c(N)c(N(CCC(C)C)Cc2cc(=O)oc3c(C)c(C)ccc23)c(=O)[nH]c1=O. The van der Waals surface area contributed by atoms with Crippen LogP contribution < -0.4 is 27.5 Å². The molecule has 0 bridgehead atoms. The molecule has 8 nitrogen and oxygen atoms in total. The standard InChI is InChI=1S/C25H34N4O4/c1-6-7-11-29-23(26)21(24(31)27-25(29)32)28(12-10-15(2)3)14-18-13-20(30)33-22-17(5)16(4)8-9-19(18)22/h8-9,13,15H,6-7,10-12,14,26H2,1-5H3,(H,27,31,32). The van der Waals surface area contributed by atoms with Crippen LogP contribution in [0.1, 0.15) is 56.7 Å². The van der Waals surface area contributed by atoms with Gasteiger partial charge in [-0.25, -0.2) is 9.59 Å². The zero-order chi connectivity index (χ0) is 24.3. The van der Waals surface area contributed by atoms with E-state index in [9.17, 15) is 14.4 Å². The number of hydrogen-bond donors (Lipinski definition) is 2. The molecular formula is C25H34N4O4. The van der Waals surface area contributed by atoms with Gasteiger partial charge in [-0.2, -0.15) is 0 Å². The van der Waals surface area contributed by atoms with Crippen LogP contribution in [-0.2, 0) is 13.1 Å². The molecule has 8 heteroatoms. The highest BCUT2D eigenvalue weighted by atomic mass is 16.4. The minimum atomic E-state index is -0.520. The van der Waals surface area contributed by atoms with Crippen molar-refractivity contribution in [3.05, 3.63) is 66.1 Å². The third-order valence-corrected chi connectivity index (χ3v) is 6.12. The second kappa shape index (κ2) is 10.1. The molecule has 0 aliphatic carbocycles. The number of unbranched alkanes of at least 4 members (excludes halogenated alkanes) is 1. The van der Waals surface area contributed by atoms with Crippen LogP contribution in [0.15, 0.2) is 37.0 Å². The number of nitrogens with two attached hydrogens (primary N) is 1. The van der Waals surface area contributed by atoms with Gasteiger partial charge in [0, 0.05) is 31.1 Å². The number of fused-ring (bicyclic) bond motifs is 1. The summed E-state index contributed by atoms with van der Waals surface area (Å²) in [7, 11) is 0. The van der Waals surface area contributed by atoms with Gasteiger partial charge in [-0.05, 0) is 49.3 Å². The Morgan fingerprint density at radius 2 is 1.91 bits per heavy atom. The average Bonchev–Trinajstić information content (AvgIpc) is 2.74. The molecule has 0 unspecified atom stereocenters. The van der Waals surface area contributed by atoms with Gasteiger partial charge >= 0.3 is 11.3 Å². The number of nitrogens with zero attached hydrogens (tertiary/aromatic N) is 2. The van der Waals surface area contributed by atoms with E-state index in [2.05, 4.69) is 18.8 Å². The summed E-state index contributed by atoms with van der Waals surface area (Å²) < 4.78 is 6.94. The molecule has 0 amide bonds. The number of benzene rings is 1. The van der Waals surface area contributed by atoms with Crippen molar-refractivity contribution in [3.8, 4) is 0 Å². The molecule has 33 heavy (non-hydrogen) atoms. The Morgan fingerprint density at radius 1 is 1.18 bits per heavy atom. The summed E-state index contributed by atoms with van der Waals surface area (Å²) >= 11 is 0. The lowest BCUT2D eigenvalue weighted by molar-refractivity contribution is 0.551. The van der Waals surface area contributed by atoms with Crippen LogP contribution >= 0.6 is 0 Å². The Hall–Kier alpha value is -3.29. The van der Waals surface area contributed by atoms with Crippen LogP contribution in [0.5, 0.6) is 0 Å². The number of aryl methyl sites for hydroxylation is 2. The van der Waals surface area contributed by atoms with Crippen molar-refractivity contribution in [2.24, 2.45) is 5.92 Å². The molecule has 1 aromatic carbocycles. The van der Waals surface area contributed by atoms with Crippen molar-refractivity contribution in [1.82, 2.24) is 9.55 Å². The molecule has 0 aliphatic rings. The lowest BCUT2D eigenvalue weighted by atomic mass is 10.0. The van der Waals surface area contributed by atoms with E-state index in [1.807, 2.05) is 37.8 Å². The van der Waals surface area contributed by atoms with Crippen molar-refractivity contribution in [2.75, 3.05) is 17.2 Å². The van der Waals surface area contributed by atoms with Crippen LogP contribution in [0.3, 0.4) is 0 Å². The molecule has 3 rings (SSSR count). The van der Waals surface area contributed by atoms with E-state index in [0.29, 0.717) is 24.6 Å². The molecule has 0 saturated heterocycles. The maximum absolute atomic E-state index is 12.9. The zero-order valence-corrected chi connectivity index (χ0v) is 20.2. The van der Waals surface area contributed by atoms with Gasteiger partial charge in [-0.3, -0.25) is 14.3 Å². The number of rotatable bonds is 9. The highest BCUT2D eigenvalue weighted by Gasteiger charge is 2.21. The largest absolute Gasteiger partial charge is 0.422 e. The summed E-state index contributed by atoms with van der Waals surface area (Å²) in [5.41, 5.74) is 8.43. The number of aromatic nitrogens is 2. The molecule has 0 fully saturated rings. The Morgan fingerprint density at radius 3 is 2.58 bits per heavy atom. The first-order valence-electron chi connectivity index (χ1n) is 11.5. The quantitative estimate of drug-likeness (QED) is 0.477. The van der Waals surface area contributed by atoms with E-state index in [-0.39, 0.29) is 18.1 Å². The Balaban J connectivity index is 2.17. The summed E-state index contributed by atoms with van der Waals surface area (Å²) in [6, 6.07) is 5.40. The van der Waals surface area contributed by atoms with Crippen molar-refractivity contribution >= 4 is 22.5 Å². The maximum atomic E-state index is 12.9. The predicted molar refractivity (Wildman–Crippen MR) is 133 cm³/mol. The molecule has 0 spiro atoms. The van der Waals surface area contributed by atoms with Crippen molar-refractivity contribution in [3.63, 3.8) is 0 Å². The monoisotopic (exact) mass is 454 g/mol. The third-order valence-electron chi connectivity index (χ3n) is 6.12. The molecule has 2 heterocycles. The van der Waals surface area contributed by atoms with Crippen molar-refractivity contribution in [2.45, 2.75) is 67.0 Å². The number of aromatic amines is 1. The number of nitrogen functional groups attached to an aromatic ring is 1. The van der Waals surface area contributed by atoms with Gasteiger partial charge in [0.2, 0.25) is 0 Å². The van der Waals surface area contributed by atoms with Crippen LogP contribution in [-0.4, -0.2) is 16.1 Å². The highest BCUT2D eigenvalue weighted by molar-refractivity contribution is 5.84. The molecule has 2 aromatic heterocycles. The van der Waals surface area contributed by atoms with E-state index in [1.54, 1.807) is 0 Å². The van der Waals surface area contributed by atoms with E-state index >= 15 is 0 Å². The second-order valence-corrected chi connectivity index (χ2v) is 9.08. The molecule has 0 saturated carbocycles. The lowest BCUT2D eigenvalue weighted by Gasteiger charge is -2.27. The normalized spacial score (nSPS) is 11.5. The van der Waals surface area contributed by atoms with Gasteiger partial charge in [0.25, 0.3) is 5.56 Å².